The molecule has 0 unspecified atom stereocenters. The minimum Gasteiger partial charge on any atom is -0.492 e. The van der Waals surface area contributed by atoms with Crippen molar-refractivity contribution in [3.8, 4) is 5.75 Å². The lowest BCUT2D eigenvalue weighted by molar-refractivity contribution is -0.123. The first-order valence-electron chi connectivity index (χ1n) is 6.46. The number of amides is 1. The van der Waals surface area contributed by atoms with Crippen LogP contribution in [0, 0.1) is 0 Å². The van der Waals surface area contributed by atoms with E-state index in [2.05, 4.69) is 5.32 Å². The number of carbonyl (C=O) groups excluding carboxylic acids is 1. The summed E-state index contributed by atoms with van der Waals surface area (Å²) >= 11 is 0. The van der Waals surface area contributed by atoms with E-state index in [1.54, 1.807) is 12.1 Å². The zero-order valence-electron chi connectivity index (χ0n) is 10.8. The van der Waals surface area contributed by atoms with Crippen LogP contribution in [0.25, 0.3) is 0 Å². The van der Waals surface area contributed by atoms with Crippen LogP contribution in [0.5, 0.6) is 5.75 Å². The first-order valence-corrected chi connectivity index (χ1v) is 6.46. The average Bonchev–Trinajstić information content (AvgIpc) is 3.13. The van der Waals surface area contributed by atoms with Crippen LogP contribution in [-0.2, 0) is 4.79 Å². The van der Waals surface area contributed by atoms with Gasteiger partial charge in [0.15, 0.2) is 0 Å². The molecule has 1 amide bonds. The van der Waals surface area contributed by atoms with Gasteiger partial charge in [-0.2, -0.15) is 0 Å². The fraction of sp³-hybridized carbons (Fsp3) is 0.267. The summed E-state index contributed by atoms with van der Waals surface area (Å²) in [6.07, 6.45) is 0.646. The molecule has 5 nitrogen and oxygen atoms in total. The van der Waals surface area contributed by atoms with Gasteiger partial charge < -0.3 is 19.6 Å². The second kappa shape index (κ2) is 5.38. The van der Waals surface area contributed by atoms with E-state index in [0.29, 0.717) is 12.4 Å². The number of aliphatic hydroxyl groups is 1. The fourth-order valence-electron chi connectivity index (χ4n) is 2.28. The van der Waals surface area contributed by atoms with E-state index in [9.17, 15) is 9.90 Å². The fourth-order valence-corrected chi connectivity index (χ4v) is 2.28. The van der Waals surface area contributed by atoms with Crippen molar-refractivity contribution in [2.45, 2.75) is 12.0 Å². The van der Waals surface area contributed by atoms with Crippen LogP contribution in [0.15, 0.2) is 47.1 Å². The van der Waals surface area contributed by atoms with E-state index in [1.165, 1.54) is 6.26 Å². The van der Waals surface area contributed by atoms with Crippen molar-refractivity contribution in [1.82, 2.24) is 5.32 Å². The standard InChI is InChI=1S/C15H15NO4/c17-12(14-6-3-7-19-14)8-16-15(18)11-9-20-13-5-2-1-4-10(11)13/h1-7,11-12,17H,8-9H2,(H,16,18)/t11-,12+/m1/s1. The van der Waals surface area contributed by atoms with E-state index in [4.69, 9.17) is 9.15 Å². The molecule has 0 saturated heterocycles. The summed E-state index contributed by atoms with van der Waals surface area (Å²) in [6.45, 7) is 0.451. The highest BCUT2D eigenvalue weighted by Crippen LogP contribution is 2.33. The minimum absolute atomic E-state index is 0.116. The van der Waals surface area contributed by atoms with E-state index in [1.807, 2.05) is 24.3 Å². The monoisotopic (exact) mass is 273 g/mol. The molecule has 0 saturated carbocycles. The number of benzene rings is 1. The van der Waals surface area contributed by atoms with Crippen molar-refractivity contribution in [2.24, 2.45) is 0 Å². The van der Waals surface area contributed by atoms with Gasteiger partial charge in [0.05, 0.1) is 12.8 Å². The number of hydrogen-bond donors (Lipinski definition) is 2. The van der Waals surface area contributed by atoms with Crippen molar-refractivity contribution in [1.29, 1.82) is 0 Å². The molecule has 2 atom stereocenters. The van der Waals surface area contributed by atoms with E-state index < -0.39 is 6.10 Å². The van der Waals surface area contributed by atoms with E-state index in [-0.39, 0.29) is 18.4 Å². The summed E-state index contributed by atoms with van der Waals surface area (Å²) in [6, 6.07) is 10.9. The third-order valence-electron chi connectivity index (χ3n) is 3.36. The van der Waals surface area contributed by atoms with E-state index >= 15 is 0 Å². The van der Waals surface area contributed by atoms with Crippen LogP contribution >= 0.6 is 0 Å². The van der Waals surface area contributed by atoms with Gasteiger partial charge in [-0.15, -0.1) is 0 Å². The highest BCUT2D eigenvalue weighted by molar-refractivity contribution is 5.85. The summed E-state index contributed by atoms with van der Waals surface area (Å²) in [5, 5.41) is 12.6. The average molecular weight is 273 g/mol. The molecule has 0 fully saturated rings. The topological polar surface area (TPSA) is 71.7 Å². The number of fused-ring (bicyclic) bond motifs is 1. The first kappa shape index (κ1) is 12.7. The van der Waals surface area contributed by atoms with Crippen molar-refractivity contribution in [3.05, 3.63) is 54.0 Å². The molecule has 5 heteroatoms. The number of hydrogen-bond acceptors (Lipinski definition) is 4. The smallest absolute Gasteiger partial charge is 0.231 e. The largest absolute Gasteiger partial charge is 0.492 e. The van der Waals surface area contributed by atoms with Crippen molar-refractivity contribution >= 4 is 5.91 Å². The van der Waals surface area contributed by atoms with Crippen LogP contribution in [0.1, 0.15) is 23.3 Å². The quantitative estimate of drug-likeness (QED) is 0.887. The number of furan rings is 1. The number of rotatable bonds is 4. The predicted octanol–water partition coefficient (Wildman–Crippen LogP) is 1.61. The molecule has 1 aliphatic heterocycles. The Kier molecular flexibility index (Phi) is 3.43. The molecule has 1 aromatic heterocycles. The molecule has 1 aromatic carbocycles. The molecule has 0 aliphatic carbocycles. The van der Waals surface area contributed by atoms with Crippen LogP contribution in [0.4, 0.5) is 0 Å². The van der Waals surface area contributed by atoms with Gasteiger partial charge in [0, 0.05) is 5.56 Å². The summed E-state index contributed by atoms with van der Waals surface area (Å²) in [4.78, 5) is 12.1. The Hall–Kier alpha value is -2.27. The van der Waals surface area contributed by atoms with Crippen LogP contribution in [-0.4, -0.2) is 24.2 Å². The second-order valence-corrected chi connectivity index (χ2v) is 4.68. The van der Waals surface area contributed by atoms with Gasteiger partial charge in [-0.25, -0.2) is 0 Å². The maximum atomic E-state index is 12.1. The van der Waals surface area contributed by atoms with E-state index in [0.717, 1.165) is 11.3 Å². The van der Waals surface area contributed by atoms with Gasteiger partial charge in [-0.1, -0.05) is 18.2 Å². The Bertz CT molecular complexity index is 594. The Morgan fingerprint density at radius 1 is 1.35 bits per heavy atom. The lowest BCUT2D eigenvalue weighted by Crippen LogP contribution is -2.33. The number of para-hydroxylation sites is 1. The molecule has 0 bridgehead atoms. The van der Waals surface area contributed by atoms with Gasteiger partial charge in [0.1, 0.15) is 30.1 Å². The van der Waals surface area contributed by atoms with Crippen LogP contribution in [0.2, 0.25) is 0 Å². The van der Waals surface area contributed by atoms with Crippen molar-refractivity contribution in [2.75, 3.05) is 13.2 Å². The molecule has 2 aromatic rings. The highest BCUT2D eigenvalue weighted by atomic mass is 16.5. The first-order chi connectivity index (χ1) is 9.75. The predicted molar refractivity (Wildman–Crippen MR) is 71.4 cm³/mol. The Balaban J connectivity index is 1.61. The number of nitrogens with one attached hydrogen (secondary N) is 1. The molecule has 2 N–H and O–H groups in total. The van der Waals surface area contributed by atoms with Gasteiger partial charge in [0.2, 0.25) is 5.91 Å². The molecule has 104 valence electrons. The Morgan fingerprint density at radius 2 is 2.20 bits per heavy atom. The summed E-state index contributed by atoms with van der Waals surface area (Å²) in [5.41, 5.74) is 0.887. The number of carbonyl (C=O) groups is 1. The van der Waals surface area contributed by atoms with Gasteiger partial charge in [-0.05, 0) is 18.2 Å². The third-order valence-corrected chi connectivity index (χ3v) is 3.36. The molecule has 2 heterocycles. The van der Waals surface area contributed by atoms with Crippen molar-refractivity contribution < 1.29 is 19.1 Å². The zero-order valence-corrected chi connectivity index (χ0v) is 10.8. The molecule has 0 radical (unpaired) electrons. The SMILES string of the molecule is O=C(NC[C@H](O)c1ccco1)[C@@H]1COc2ccccc21. The lowest BCUT2D eigenvalue weighted by Gasteiger charge is -2.12. The lowest BCUT2D eigenvalue weighted by atomic mass is 10.0. The molecule has 1 aliphatic rings. The van der Waals surface area contributed by atoms with Gasteiger partial charge in [0.25, 0.3) is 0 Å². The summed E-state index contributed by atoms with van der Waals surface area (Å²) in [5.74, 6) is 0.711. The molecule has 20 heavy (non-hydrogen) atoms. The number of ether oxygens (including phenoxy) is 1. The molecule has 3 rings (SSSR count). The number of aliphatic hydroxyl groups excluding tert-OH is 1. The Labute approximate surface area is 116 Å². The minimum atomic E-state index is -0.841. The second-order valence-electron chi connectivity index (χ2n) is 4.68. The van der Waals surface area contributed by atoms with Crippen LogP contribution in [0.3, 0.4) is 0 Å². The van der Waals surface area contributed by atoms with Gasteiger partial charge >= 0.3 is 0 Å². The zero-order chi connectivity index (χ0) is 13.9. The maximum absolute atomic E-state index is 12.1. The summed E-state index contributed by atoms with van der Waals surface area (Å²) in [7, 11) is 0. The molecular formula is C15H15NO4. The molecular weight excluding hydrogens is 258 g/mol. The van der Waals surface area contributed by atoms with Crippen molar-refractivity contribution in [3.63, 3.8) is 0 Å². The van der Waals surface area contributed by atoms with Gasteiger partial charge in [-0.3, -0.25) is 4.79 Å². The summed E-state index contributed by atoms with van der Waals surface area (Å²) < 4.78 is 10.6. The normalized spacial score (nSPS) is 18.1. The third kappa shape index (κ3) is 2.40. The maximum Gasteiger partial charge on any atom is 0.231 e. The highest BCUT2D eigenvalue weighted by Gasteiger charge is 2.30. The Morgan fingerprint density at radius 3 is 3.00 bits per heavy atom. The van der Waals surface area contributed by atoms with Crippen LogP contribution < -0.4 is 10.1 Å². The molecule has 0 spiro atoms.